The summed E-state index contributed by atoms with van der Waals surface area (Å²) in [6.45, 7) is 2.31. The number of halogens is 2. The van der Waals surface area contributed by atoms with Crippen LogP contribution in [0.2, 0.25) is 0 Å². The van der Waals surface area contributed by atoms with Crippen LogP contribution in [0, 0.1) is 5.82 Å². The van der Waals surface area contributed by atoms with Crippen LogP contribution in [0.25, 0.3) is 16.9 Å². The number of aliphatic hydroxyl groups is 2. The highest BCUT2D eigenvalue weighted by Gasteiger charge is 2.35. The Bertz CT molecular complexity index is 1640. The first kappa shape index (κ1) is 26.0. The van der Waals surface area contributed by atoms with Crippen LogP contribution in [0.5, 0.6) is 0 Å². The quantitative estimate of drug-likeness (QED) is 0.381. The second-order valence-corrected chi connectivity index (χ2v) is 11.4. The number of alkyl halides is 1. The molecule has 0 bridgehead atoms. The second kappa shape index (κ2) is 9.88. The molecule has 1 saturated heterocycles. The molecule has 2 aromatic carbocycles. The minimum atomic E-state index is -1.28. The Labute approximate surface area is 235 Å². The maximum absolute atomic E-state index is 15.4. The van der Waals surface area contributed by atoms with E-state index in [4.69, 9.17) is 5.10 Å². The molecule has 41 heavy (non-hydrogen) atoms. The van der Waals surface area contributed by atoms with E-state index in [0.717, 1.165) is 30.5 Å². The highest BCUT2D eigenvalue weighted by molar-refractivity contribution is 5.93. The maximum atomic E-state index is 15.4. The molecule has 3 aliphatic rings. The van der Waals surface area contributed by atoms with Crippen LogP contribution in [-0.4, -0.2) is 67.5 Å². The number of hydrogen-bond acceptors (Lipinski definition) is 6. The molecular weight excluding hydrogens is 528 g/mol. The molecule has 0 spiro atoms. The zero-order valence-corrected chi connectivity index (χ0v) is 22.6. The molecule has 8 nitrogen and oxygen atoms in total. The molecule has 2 fully saturated rings. The van der Waals surface area contributed by atoms with Gasteiger partial charge in [-0.05, 0) is 55.2 Å². The number of nitrogens with zero attached hydrogens (tertiary/aromatic N) is 5. The average Bonchev–Trinajstić information content (AvgIpc) is 3.52. The minimum Gasteiger partial charge on any atom is -0.389 e. The standard InChI is InChI=1S/C31H31F2N5O3/c1-17-20-7-2-3-8-21(20)24(33)14-37(17)31(41)26-12-27(18-5-4-6-18)38-30(34-26)13-25(35-38)22-10-9-19(11-23(22)32)36-15-28(39)29(40)16-36/h2-3,7-13,17-18,24,28-29,39-40H,4-6,14-16H2,1H3/t17-,24+,28-,29-/m1/s1. The summed E-state index contributed by atoms with van der Waals surface area (Å²) in [5.74, 6) is -0.627. The molecule has 10 heteroatoms. The molecule has 2 aromatic heterocycles. The van der Waals surface area contributed by atoms with E-state index in [0.29, 0.717) is 22.6 Å². The molecule has 2 N–H and O–H groups in total. The van der Waals surface area contributed by atoms with Crippen LogP contribution in [-0.2, 0) is 0 Å². The number of amides is 1. The molecule has 2 aliphatic heterocycles. The lowest BCUT2D eigenvalue weighted by Gasteiger charge is -2.37. The summed E-state index contributed by atoms with van der Waals surface area (Å²) in [6, 6.07) is 15.2. The van der Waals surface area contributed by atoms with Crippen LogP contribution < -0.4 is 4.90 Å². The van der Waals surface area contributed by atoms with Crippen LogP contribution in [0.1, 0.15) is 71.6 Å². The van der Waals surface area contributed by atoms with E-state index < -0.39 is 24.2 Å². The largest absolute Gasteiger partial charge is 0.389 e. The van der Waals surface area contributed by atoms with E-state index in [2.05, 4.69) is 4.98 Å². The summed E-state index contributed by atoms with van der Waals surface area (Å²) in [5.41, 5.74) is 4.16. The Hall–Kier alpha value is -3.89. The van der Waals surface area contributed by atoms with Crippen LogP contribution in [0.3, 0.4) is 0 Å². The van der Waals surface area contributed by atoms with Crippen molar-refractivity contribution in [1.82, 2.24) is 19.5 Å². The molecule has 0 unspecified atom stereocenters. The van der Waals surface area contributed by atoms with Crippen molar-refractivity contribution in [3.63, 3.8) is 0 Å². The van der Waals surface area contributed by atoms with Crippen molar-refractivity contribution in [1.29, 1.82) is 0 Å². The molecule has 212 valence electrons. The van der Waals surface area contributed by atoms with Crippen molar-refractivity contribution in [3.05, 3.63) is 82.9 Å². The van der Waals surface area contributed by atoms with E-state index >= 15 is 8.78 Å². The Balaban J connectivity index is 1.24. The topological polar surface area (TPSA) is 94.2 Å². The van der Waals surface area contributed by atoms with Crippen molar-refractivity contribution in [2.24, 2.45) is 0 Å². The van der Waals surface area contributed by atoms with E-state index in [1.54, 1.807) is 39.7 Å². The van der Waals surface area contributed by atoms with Gasteiger partial charge in [-0.1, -0.05) is 30.7 Å². The van der Waals surface area contributed by atoms with E-state index in [1.165, 1.54) is 11.0 Å². The van der Waals surface area contributed by atoms with Gasteiger partial charge in [0.25, 0.3) is 5.91 Å². The zero-order chi connectivity index (χ0) is 28.4. The smallest absolute Gasteiger partial charge is 0.273 e. The molecule has 1 amide bonds. The third-order valence-corrected chi connectivity index (χ3v) is 8.92. The number of benzene rings is 2. The molecule has 4 aromatic rings. The molecule has 4 heterocycles. The van der Waals surface area contributed by atoms with Gasteiger partial charge in [0.1, 0.15) is 17.7 Å². The molecule has 1 aliphatic carbocycles. The van der Waals surface area contributed by atoms with Crippen LogP contribution in [0.4, 0.5) is 14.5 Å². The van der Waals surface area contributed by atoms with Crippen molar-refractivity contribution in [2.75, 3.05) is 24.5 Å². The third-order valence-electron chi connectivity index (χ3n) is 8.92. The van der Waals surface area contributed by atoms with Gasteiger partial charge in [0.05, 0.1) is 30.5 Å². The summed E-state index contributed by atoms with van der Waals surface area (Å²) in [7, 11) is 0. The first-order valence-electron chi connectivity index (χ1n) is 14.1. The van der Waals surface area contributed by atoms with Gasteiger partial charge in [-0.3, -0.25) is 4.79 Å². The predicted molar refractivity (Wildman–Crippen MR) is 149 cm³/mol. The van der Waals surface area contributed by atoms with Gasteiger partial charge in [-0.15, -0.1) is 0 Å². The van der Waals surface area contributed by atoms with Gasteiger partial charge < -0.3 is 20.0 Å². The fourth-order valence-electron chi connectivity index (χ4n) is 6.30. The SMILES string of the molecule is C[C@@H]1c2ccccc2[C@@H](F)CN1C(=O)c1cc(C2CCC2)n2nc(-c3ccc(N4C[C@@H](O)[C@H](O)C4)cc3F)cc2n1. The summed E-state index contributed by atoms with van der Waals surface area (Å²) in [4.78, 5) is 21.7. The average molecular weight is 560 g/mol. The summed E-state index contributed by atoms with van der Waals surface area (Å²) < 4.78 is 32.2. The summed E-state index contributed by atoms with van der Waals surface area (Å²) in [5, 5.41) is 24.4. The zero-order valence-electron chi connectivity index (χ0n) is 22.6. The Morgan fingerprint density at radius 1 is 0.976 bits per heavy atom. The lowest BCUT2D eigenvalue weighted by atomic mass is 9.82. The molecular formula is C31H31F2N5O3. The van der Waals surface area contributed by atoms with Crippen molar-refractivity contribution < 1.29 is 23.8 Å². The number of aromatic nitrogens is 3. The van der Waals surface area contributed by atoms with E-state index in [9.17, 15) is 15.0 Å². The first-order chi connectivity index (χ1) is 19.8. The number of fused-ring (bicyclic) bond motifs is 2. The monoisotopic (exact) mass is 559 g/mol. The number of carbonyl (C=O) groups excluding carboxylic acids is 1. The highest BCUT2D eigenvalue weighted by Crippen LogP contribution is 2.40. The van der Waals surface area contributed by atoms with Gasteiger partial charge in [-0.25, -0.2) is 18.3 Å². The number of β-amino-alcohol motifs (C(OH)–C–C–N with tert-alkyl or cyclic N) is 2. The normalized spacial score (nSPS) is 24.5. The summed E-state index contributed by atoms with van der Waals surface area (Å²) in [6.07, 6.45) is -0.0337. The fraction of sp³-hybridized carbons (Fsp3) is 0.387. The van der Waals surface area contributed by atoms with Gasteiger partial charge >= 0.3 is 0 Å². The number of hydrogen-bond donors (Lipinski definition) is 2. The number of rotatable bonds is 4. The Kier molecular flexibility index (Phi) is 6.28. The van der Waals surface area contributed by atoms with Gasteiger partial charge in [0, 0.05) is 42.0 Å². The highest BCUT2D eigenvalue weighted by atomic mass is 19.1. The third kappa shape index (κ3) is 4.36. The van der Waals surface area contributed by atoms with Gasteiger partial charge in [-0.2, -0.15) is 5.10 Å². The maximum Gasteiger partial charge on any atom is 0.273 e. The predicted octanol–water partition coefficient (Wildman–Crippen LogP) is 4.57. The van der Waals surface area contributed by atoms with Crippen molar-refractivity contribution in [3.8, 4) is 11.3 Å². The molecule has 7 rings (SSSR count). The first-order valence-corrected chi connectivity index (χ1v) is 14.1. The summed E-state index contributed by atoms with van der Waals surface area (Å²) >= 11 is 0. The van der Waals surface area contributed by atoms with Gasteiger partial charge in [0.15, 0.2) is 5.65 Å². The van der Waals surface area contributed by atoms with Crippen LogP contribution >= 0.6 is 0 Å². The minimum absolute atomic E-state index is 0.0459. The van der Waals surface area contributed by atoms with Gasteiger partial charge in [0.2, 0.25) is 0 Å². The number of carbonyl (C=O) groups is 1. The second-order valence-electron chi connectivity index (χ2n) is 11.4. The lowest BCUT2D eigenvalue weighted by Crippen LogP contribution is -2.40. The van der Waals surface area contributed by atoms with E-state index in [1.807, 2.05) is 25.1 Å². The number of anilines is 1. The fourth-order valence-corrected chi connectivity index (χ4v) is 6.30. The van der Waals surface area contributed by atoms with E-state index in [-0.39, 0.29) is 48.8 Å². The molecule has 0 radical (unpaired) electrons. The lowest BCUT2D eigenvalue weighted by molar-refractivity contribution is 0.0572. The molecule has 4 atom stereocenters. The molecule has 1 saturated carbocycles. The van der Waals surface area contributed by atoms with Crippen molar-refractivity contribution in [2.45, 2.75) is 56.5 Å². The van der Waals surface area contributed by atoms with Crippen molar-refractivity contribution >= 4 is 17.2 Å². The Morgan fingerprint density at radius 2 is 1.71 bits per heavy atom. The number of aliphatic hydroxyl groups excluding tert-OH is 2. The Morgan fingerprint density at radius 3 is 2.39 bits per heavy atom. The van der Waals surface area contributed by atoms with Crippen LogP contribution in [0.15, 0.2) is 54.6 Å².